The summed E-state index contributed by atoms with van der Waals surface area (Å²) in [4.78, 5) is 11.6. The van der Waals surface area contributed by atoms with Crippen LogP contribution in [0, 0.1) is 5.41 Å². The largest absolute Gasteiger partial charge is 0.459 e. The molecule has 1 saturated heterocycles. The van der Waals surface area contributed by atoms with Crippen LogP contribution < -0.4 is 0 Å². The van der Waals surface area contributed by atoms with Gasteiger partial charge in [-0.1, -0.05) is 19.3 Å². The van der Waals surface area contributed by atoms with Gasteiger partial charge in [0.15, 0.2) is 0 Å². The Balaban J connectivity index is 2.08. The second kappa shape index (κ2) is 3.29. The lowest BCUT2D eigenvalue weighted by atomic mass is 9.72. The molecule has 0 bridgehead atoms. The minimum atomic E-state index is -0.231. The van der Waals surface area contributed by atoms with Crippen molar-refractivity contribution in [1.29, 1.82) is 0 Å². The highest BCUT2D eigenvalue weighted by molar-refractivity contribution is 5.79. The van der Waals surface area contributed by atoms with Gasteiger partial charge in [-0.3, -0.25) is 4.79 Å². The van der Waals surface area contributed by atoms with Gasteiger partial charge in [-0.25, -0.2) is 0 Å². The molecule has 2 aliphatic rings. The van der Waals surface area contributed by atoms with Gasteiger partial charge in [0.1, 0.15) is 6.10 Å². The summed E-state index contributed by atoms with van der Waals surface area (Å²) < 4.78 is 5.11. The average molecular weight is 184 g/mol. The van der Waals surface area contributed by atoms with Gasteiger partial charge in [-0.05, 0) is 12.8 Å². The van der Waals surface area contributed by atoms with Gasteiger partial charge < -0.3 is 9.84 Å². The molecule has 2 rings (SSSR count). The van der Waals surface area contributed by atoms with Gasteiger partial charge in [-0.2, -0.15) is 0 Å². The zero-order valence-electron chi connectivity index (χ0n) is 7.79. The number of cyclic esters (lactones) is 1. The van der Waals surface area contributed by atoms with E-state index in [0.29, 0.717) is 0 Å². The quantitative estimate of drug-likeness (QED) is 0.624. The Morgan fingerprint density at radius 3 is 2.62 bits per heavy atom. The summed E-state index contributed by atoms with van der Waals surface area (Å²) in [6.07, 6.45) is 5.93. The van der Waals surface area contributed by atoms with E-state index in [0.717, 1.165) is 32.1 Å². The van der Waals surface area contributed by atoms with E-state index in [2.05, 4.69) is 0 Å². The molecule has 0 aromatic heterocycles. The Morgan fingerprint density at radius 2 is 2.08 bits per heavy atom. The van der Waals surface area contributed by atoms with Crippen LogP contribution in [0.3, 0.4) is 0 Å². The van der Waals surface area contributed by atoms with E-state index in [9.17, 15) is 4.79 Å². The zero-order chi connectivity index (χ0) is 9.31. The van der Waals surface area contributed by atoms with E-state index in [4.69, 9.17) is 9.84 Å². The van der Waals surface area contributed by atoms with Gasteiger partial charge in [0.2, 0.25) is 0 Å². The molecule has 1 N–H and O–H groups in total. The first-order valence-electron chi connectivity index (χ1n) is 5.09. The second-order valence-electron chi connectivity index (χ2n) is 4.26. The molecule has 13 heavy (non-hydrogen) atoms. The number of aliphatic hydroxyl groups excluding tert-OH is 1. The van der Waals surface area contributed by atoms with Gasteiger partial charge in [0.05, 0.1) is 12.0 Å². The Kier molecular flexibility index (Phi) is 2.28. The normalized spacial score (nSPS) is 32.1. The predicted octanol–water partition coefficient (Wildman–Crippen LogP) is 1.24. The van der Waals surface area contributed by atoms with Crippen LogP contribution in [-0.2, 0) is 9.53 Å². The summed E-state index contributed by atoms with van der Waals surface area (Å²) in [7, 11) is 0. The standard InChI is InChI=1S/C10H16O3/c11-7-8-6-10(9(12)13-8)4-2-1-3-5-10/h8,11H,1-7H2. The second-order valence-corrected chi connectivity index (χ2v) is 4.26. The van der Waals surface area contributed by atoms with Crippen molar-refractivity contribution in [2.75, 3.05) is 6.61 Å². The highest BCUT2D eigenvalue weighted by Crippen LogP contribution is 2.45. The van der Waals surface area contributed by atoms with E-state index in [1.807, 2.05) is 0 Å². The number of rotatable bonds is 1. The van der Waals surface area contributed by atoms with Crippen LogP contribution >= 0.6 is 0 Å². The molecule has 1 aliphatic carbocycles. The lowest BCUT2D eigenvalue weighted by molar-refractivity contribution is -0.151. The molecular weight excluding hydrogens is 168 g/mol. The number of aliphatic hydroxyl groups is 1. The highest BCUT2D eigenvalue weighted by Gasteiger charge is 2.48. The van der Waals surface area contributed by atoms with Crippen molar-refractivity contribution in [3.8, 4) is 0 Å². The smallest absolute Gasteiger partial charge is 0.312 e. The predicted molar refractivity (Wildman–Crippen MR) is 47.1 cm³/mol. The Morgan fingerprint density at radius 1 is 1.38 bits per heavy atom. The lowest BCUT2D eigenvalue weighted by Crippen LogP contribution is -2.28. The Hall–Kier alpha value is -0.570. The zero-order valence-corrected chi connectivity index (χ0v) is 7.79. The molecule has 1 saturated carbocycles. The van der Waals surface area contributed by atoms with Crippen LogP contribution in [0.4, 0.5) is 0 Å². The van der Waals surface area contributed by atoms with Gasteiger partial charge in [0.25, 0.3) is 0 Å². The number of ether oxygens (including phenoxy) is 1. The van der Waals surface area contributed by atoms with E-state index in [1.54, 1.807) is 0 Å². The maximum absolute atomic E-state index is 11.6. The fraction of sp³-hybridized carbons (Fsp3) is 0.900. The van der Waals surface area contributed by atoms with Crippen LogP contribution in [0.15, 0.2) is 0 Å². The van der Waals surface area contributed by atoms with E-state index in [-0.39, 0.29) is 24.1 Å². The topological polar surface area (TPSA) is 46.5 Å². The molecule has 1 aliphatic heterocycles. The van der Waals surface area contributed by atoms with E-state index >= 15 is 0 Å². The van der Waals surface area contributed by atoms with Gasteiger partial charge in [-0.15, -0.1) is 0 Å². The molecule has 0 radical (unpaired) electrons. The van der Waals surface area contributed by atoms with Crippen molar-refractivity contribution < 1.29 is 14.6 Å². The molecule has 3 heteroatoms. The van der Waals surface area contributed by atoms with Crippen molar-refractivity contribution in [2.24, 2.45) is 5.41 Å². The molecule has 0 aromatic rings. The number of esters is 1. The first-order chi connectivity index (χ1) is 6.27. The first-order valence-corrected chi connectivity index (χ1v) is 5.09. The average Bonchev–Trinajstić information content (AvgIpc) is 2.45. The molecule has 1 atom stereocenters. The summed E-state index contributed by atoms with van der Waals surface area (Å²) >= 11 is 0. The molecule has 0 amide bonds. The molecular formula is C10H16O3. The van der Waals surface area contributed by atoms with Crippen molar-refractivity contribution in [2.45, 2.75) is 44.6 Å². The molecule has 1 unspecified atom stereocenters. The molecule has 2 fully saturated rings. The number of hydrogen-bond donors (Lipinski definition) is 1. The van der Waals surface area contributed by atoms with Gasteiger partial charge in [0, 0.05) is 6.42 Å². The molecule has 74 valence electrons. The Labute approximate surface area is 78.1 Å². The van der Waals surface area contributed by atoms with E-state index in [1.165, 1.54) is 6.42 Å². The summed E-state index contributed by atoms with van der Waals surface area (Å²) in [6.45, 7) is -0.0203. The summed E-state index contributed by atoms with van der Waals surface area (Å²) in [5, 5.41) is 8.92. The monoisotopic (exact) mass is 184 g/mol. The number of carbonyl (C=O) groups is 1. The van der Waals surface area contributed by atoms with Crippen molar-refractivity contribution >= 4 is 5.97 Å². The van der Waals surface area contributed by atoms with Crippen LogP contribution in [0.5, 0.6) is 0 Å². The summed E-state index contributed by atoms with van der Waals surface area (Å²) in [5.41, 5.74) is -0.217. The van der Waals surface area contributed by atoms with E-state index < -0.39 is 0 Å². The van der Waals surface area contributed by atoms with Crippen LogP contribution in [0.1, 0.15) is 38.5 Å². The van der Waals surface area contributed by atoms with Gasteiger partial charge >= 0.3 is 5.97 Å². The number of hydrogen-bond acceptors (Lipinski definition) is 3. The first kappa shape index (κ1) is 9.00. The van der Waals surface area contributed by atoms with Crippen molar-refractivity contribution in [1.82, 2.24) is 0 Å². The van der Waals surface area contributed by atoms with Crippen molar-refractivity contribution in [3.63, 3.8) is 0 Å². The minimum Gasteiger partial charge on any atom is -0.459 e. The molecule has 1 spiro atoms. The fourth-order valence-electron chi connectivity index (χ4n) is 2.58. The Bertz CT molecular complexity index is 206. The van der Waals surface area contributed by atoms with Crippen LogP contribution in [0.2, 0.25) is 0 Å². The molecule has 0 aromatic carbocycles. The minimum absolute atomic E-state index is 0.0203. The third-order valence-corrected chi connectivity index (χ3v) is 3.34. The lowest BCUT2D eigenvalue weighted by Gasteiger charge is -2.28. The highest BCUT2D eigenvalue weighted by atomic mass is 16.6. The molecule has 1 heterocycles. The fourth-order valence-corrected chi connectivity index (χ4v) is 2.58. The summed E-state index contributed by atoms with van der Waals surface area (Å²) in [5.74, 6) is -0.0637. The summed E-state index contributed by atoms with van der Waals surface area (Å²) in [6, 6.07) is 0. The van der Waals surface area contributed by atoms with Crippen LogP contribution in [-0.4, -0.2) is 23.8 Å². The maximum Gasteiger partial charge on any atom is 0.312 e. The third kappa shape index (κ3) is 1.46. The SMILES string of the molecule is O=C1OC(CO)CC12CCCCC2. The van der Waals surface area contributed by atoms with Crippen molar-refractivity contribution in [3.05, 3.63) is 0 Å². The number of carbonyl (C=O) groups excluding carboxylic acids is 1. The molecule has 3 nitrogen and oxygen atoms in total. The third-order valence-electron chi connectivity index (χ3n) is 3.34. The maximum atomic E-state index is 11.6. The van der Waals surface area contributed by atoms with Crippen LogP contribution in [0.25, 0.3) is 0 Å².